The van der Waals surface area contributed by atoms with Gasteiger partial charge in [-0.25, -0.2) is 0 Å². The Morgan fingerprint density at radius 2 is 1.78 bits per heavy atom. The Morgan fingerprint density at radius 3 is 2.37 bits per heavy atom. The van der Waals surface area contributed by atoms with Crippen LogP contribution in [0.5, 0.6) is 0 Å². The molecular formula is C22H26N4O. The van der Waals surface area contributed by atoms with E-state index in [9.17, 15) is 4.79 Å². The molecule has 0 saturated carbocycles. The fourth-order valence-electron chi connectivity index (χ4n) is 3.55. The van der Waals surface area contributed by atoms with E-state index >= 15 is 0 Å². The van der Waals surface area contributed by atoms with Gasteiger partial charge in [0.25, 0.3) is 5.91 Å². The van der Waals surface area contributed by atoms with Crippen LogP contribution in [0.15, 0.2) is 72.5 Å². The van der Waals surface area contributed by atoms with Crippen molar-refractivity contribution in [3.05, 3.63) is 83.7 Å². The second-order valence-corrected chi connectivity index (χ2v) is 6.54. The molecule has 1 aliphatic rings. The van der Waals surface area contributed by atoms with Gasteiger partial charge in [0.05, 0.1) is 6.04 Å². The van der Waals surface area contributed by atoms with Gasteiger partial charge >= 0.3 is 0 Å². The van der Waals surface area contributed by atoms with Crippen LogP contribution in [0.1, 0.15) is 35.9 Å². The van der Waals surface area contributed by atoms with E-state index in [2.05, 4.69) is 64.5 Å². The molecule has 1 amide bonds. The predicted molar refractivity (Wildman–Crippen MR) is 107 cm³/mol. The van der Waals surface area contributed by atoms with E-state index in [4.69, 9.17) is 0 Å². The van der Waals surface area contributed by atoms with Gasteiger partial charge in [-0.15, -0.1) is 5.10 Å². The third-order valence-electron chi connectivity index (χ3n) is 4.88. The fraction of sp³-hybridized carbons (Fsp3) is 0.318. The van der Waals surface area contributed by atoms with Gasteiger partial charge in [0.2, 0.25) is 0 Å². The molecule has 5 nitrogen and oxygen atoms in total. The van der Waals surface area contributed by atoms with Crippen LogP contribution in [-0.4, -0.2) is 52.1 Å². The van der Waals surface area contributed by atoms with Crippen molar-refractivity contribution in [3.8, 4) is 0 Å². The van der Waals surface area contributed by atoms with Crippen LogP contribution >= 0.6 is 0 Å². The summed E-state index contributed by atoms with van der Waals surface area (Å²) in [6.07, 6.45) is 8.02. The number of amides is 1. The highest BCUT2D eigenvalue weighted by atomic mass is 16.2. The topological polar surface area (TPSA) is 49.3 Å². The average molecular weight is 362 g/mol. The lowest BCUT2D eigenvalue weighted by Gasteiger charge is -2.40. The molecule has 2 aromatic rings. The summed E-state index contributed by atoms with van der Waals surface area (Å²) in [5.74, 6) is -0.0428. The van der Waals surface area contributed by atoms with Gasteiger partial charge in [-0.3, -0.25) is 9.69 Å². The van der Waals surface area contributed by atoms with E-state index in [-0.39, 0.29) is 11.9 Å². The summed E-state index contributed by atoms with van der Waals surface area (Å²) in [5, 5.41) is 7.76. The molecule has 1 saturated heterocycles. The number of aromatic nitrogens is 2. The van der Waals surface area contributed by atoms with E-state index in [1.54, 1.807) is 18.3 Å². The Hall–Kier alpha value is -2.79. The number of allylic oxidation sites excluding steroid dienone is 2. The number of benzene rings is 1. The number of hydrogen-bond donors (Lipinski definition) is 0. The first-order valence-electron chi connectivity index (χ1n) is 9.39. The van der Waals surface area contributed by atoms with Crippen molar-refractivity contribution >= 4 is 5.91 Å². The minimum Gasteiger partial charge on any atom is -0.335 e. The Labute approximate surface area is 161 Å². The lowest BCUT2D eigenvalue weighted by Crippen LogP contribution is -2.50. The standard InChI is InChI=1S/C22H26N4O/c1-3-9-18(4-2)21(19-10-6-5-7-11-19)25-14-16-26(17-15-25)22(27)20-12-8-13-23-24-20/h3-13,21H,14-17H2,1-2H3/b9-3-,18-4+. The summed E-state index contributed by atoms with van der Waals surface area (Å²) in [4.78, 5) is 16.9. The maximum Gasteiger partial charge on any atom is 0.274 e. The second kappa shape index (κ2) is 9.24. The van der Waals surface area contributed by atoms with Gasteiger partial charge in [0.1, 0.15) is 0 Å². The summed E-state index contributed by atoms with van der Waals surface area (Å²) < 4.78 is 0. The lowest BCUT2D eigenvalue weighted by atomic mass is 9.95. The van der Waals surface area contributed by atoms with E-state index in [1.165, 1.54) is 11.1 Å². The summed E-state index contributed by atoms with van der Waals surface area (Å²) in [6, 6.07) is 14.2. The Bertz CT molecular complexity index is 794. The van der Waals surface area contributed by atoms with Crippen molar-refractivity contribution in [1.29, 1.82) is 0 Å². The van der Waals surface area contributed by atoms with Crippen LogP contribution in [-0.2, 0) is 0 Å². The normalized spacial score (nSPS) is 17.3. The first-order chi connectivity index (χ1) is 13.2. The van der Waals surface area contributed by atoms with E-state index < -0.39 is 0 Å². The molecule has 1 unspecified atom stereocenters. The maximum absolute atomic E-state index is 12.6. The first kappa shape index (κ1) is 19.0. The second-order valence-electron chi connectivity index (χ2n) is 6.54. The predicted octanol–water partition coefficient (Wildman–Crippen LogP) is 3.50. The van der Waals surface area contributed by atoms with Crippen molar-refractivity contribution in [2.24, 2.45) is 0 Å². The number of carbonyl (C=O) groups excluding carboxylic acids is 1. The summed E-state index contributed by atoms with van der Waals surface area (Å²) in [7, 11) is 0. The molecular weight excluding hydrogens is 336 g/mol. The molecule has 0 radical (unpaired) electrons. The van der Waals surface area contributed by atoms with Crippen LogP contribution in [0, 0.1) is 0 Å². The Morgan fingerprint density at radius 1 is 1.04 bits per heavy atom. The third kappa shape index (κ3) is 4.49. The minimum atomic E-state index is -0.0428. The third-order valence-corrected chi connectivity index (χ3v) is 4.88. The van der Waals surface area contributed by atoms with Gasteiger partial charge in [-0.05, 0) is 37.1 Å². The van der Waals surface area contributed by atoms with Gasteiger partial charge < -0.3 is 4.90 Å². The van der Waals surface area contributed by atoms with Crippen LogP contribution < -0.4 is 0 Å². The van der Waals surface area contributed by atoms with Crippen molar-refractivity contribution in [2.75, 3.05) is 26.2 Å². The SMILES string of the molecule is C/C=C\C(=C/C)C(c1ccccc1)N1CCN(C(=O)c2cccnn2)CC1. The lowest BCUT2D eigenvalue weighted by molar-refractivity contribution is 0.0590. The Balaban J connectivity index is 1.76. The monoisotopic (exact) mass is 362 g/mol. The molecule has 140 valence electrons. The molecule has 1 aliphatic heterocycles. The molecule has 0 bridgehead atoms. The number of carbonyl (C=O) groups is 1. The molecule has 1 atom stereocenters. The molecule has 27 heavy (non-hydrogen) atoms. The molecule has 3 rings (SSSR count). The first-order valence-corrected chi connectivity index (χ1v) is 9.39. The van der Waals surface area contributed by atoms with Crippen molar-refractivity contribution < 1.29 is 4.79 Å². The van der Waals surface area contributed by atoms with E-state index in [0.29, 0.717) is 18.8 Å². The number of hydrogen-bond acceptors (Lipinski definition) is 4. The van der Waals surface area contributed by atoms with Gasteiger partial charge in [-0.2, -0.15) is 5.10 Å². The zero-order chi connectivity index (χ0) is 19.1. The van der Waals surface area contributed by atoms with Crippen LogP contribution in [0.25, 0.3) is 0 Å². The maximum atomic E-state index is 12.6. The zero-order valence-corrected chi connectivity index (χ0v) is 16.0. The number of nitrogens with zero attached hydrogens (tertiary/aromatic N) is 4. The summed E-state index contributed by atoms with van der Waals surface area (Å²) in [5.41, 5.74) is 2.96. The highest BCUT2D eigenvalue weighted by Gasteiger charge is 2.29. The van der Waals surface area contributed by atoms with Gasteiger partial charge in [0, 0.05) is 32.4 Å². The summed E-state index contributed by atoms with van der Waals surface area (Å²) in [6.45, 7) is 7.14. The quantitative estimate of drug-likeness (QED) is 0.764. The smallest absolute Gasteiger partial charge is 0.274 e. The minimum absolute atomic E-state index is 0.0428. The van der Waals surface area contributed by atoms with Gasteiger partial charge in [0.15, 0.2) is 5.69 Å². The van der Waals surface area contributed by atoms with Crippen molar-refractivity contribution in [2.45, 2.75) is 19.9 Å². The molecule has 1 aromatic heterocycles. The average Bonchev–Trinajstić information content (AvgIpc) is 2.74. The molecule has 5 heteroatoms. The van der Waals surface area contributed by atoms with Crippen molar-refractivity contribution in [1.82, 2.24) is 20.0 Å². The molecule has 0 spiro atoms. The molecule has 0 aliphatic carbocycles. The largest absolute Gasteiger partial charge is 0.335 e. The molecule has 1 aromatic carbocycles. The van der Waals surface area contributed by atoms with Crippen LogP contribution in [0.4, 0.5) is 0 Å². The number of piperazine rings is 1. The van der Waals surface area contributed by atoms with E-state index in [1.807, 2.05) is 17.9 Å². The number of rotatable bonds is 5. The van der Waals surface area contributed by atoms with Crippen LogP contribution in [0.3, 0.4) is 0 Å². The van der Waals surface area contributed by atoms with Gasteiger partial charge in [-0.1, -0.05) is 48.6 Å². The molecule has 0 N–H and O–H groups in total. The zero-order valence-electron chi connectivity index (χ0n) is 16.0. The van der Waals surface area contributed by atoms with E-state index in [0.717, 1.165) is 13.1 Å². The molecule has 2 heterocycles. The highest BCUT2D eigenvalue weighted by molar-refractivity contribution is 5.92. The van der Waals surface area contributed by atoms with Crippen LogP contribution in [0.2, 0.25) is 0 Å². The molecule has 1 fully saturated rings. The summed E-state index contributed by atoms with van der Waals surface area (Å²) >= 11 is 0. The fourth-order valence-corrected chi connectivity index (χ4v) is 3.55. The highest BCUT2D eigenvalue weighted by Crippen LogP contribution is 2.30. The van der Waals surface area contributed by atoms with Crippen molar-refractivity contribution in [3.63, 3.8) is 0 Å². The Kier molecular flexibility index (Phi) is 6.49.